The summed E-state index contributed by atoms with van der Waals surface area (Å²) in [4.78, 5) is 12.4. The van der Waals surface area contributed by atoms with Crippen molar-refractivity contribution in [1.82, 2.24) is 10.9 Å². The number of carbonyl (C=O) groups is 1. The predicted molar refractivity (Wildman–Crippen MR) is 113 cm³/mol. The van der Waals surface area contributed by atoms with Gasteiger partial charge in [0.05, 0.1) is 12.7 Å². The number of carbonyl (C=O) groups excluding carboxylic acids is 1. The molecule has 0 aliphatic heterocycles. The lowest BCUT2D eigenvalue weighted by Crippen LogP contribution is -2.43. The highest BCUT2D eigenvalue weighted by atomic mass is 32.1. The van der Waals surface area contributed by atoms with Crippen molar-refractivity contribution in [1.29, 1.82) is 0 Å². The average molecular weight is 429 g/mol. The highest BCUT2D eigenvalue weighted by Gasteiger charge is 2.15. The average Bonchev–Trinajstić information content (AvgIpc) is 2.73. The van der Waals surface area contributed by atoms with E-state index in [9.17, 15) is 18.7 Å². The van der Waals surface area contributed by atoms with Crippen molar-refractivity contribution in [2.75, 3.05) is 12.4 Å². The molecule has 0 unspecified atom stereocenters. The number of aromatic hydroxyl groups is 1. The maximum Gasteiger partial charge on any atom is 0.273 e. The number of hydrogen-bond acceptors (Lipinski definition) is 4. The number of anilines is 1. The van der Waals surface area contributed by atoms with E-state index in [1.54, 1.807) is 31.4 Å². The van der Waals surface area contributed by atoms with Gasteiger partial charge >= 0.3 is 0 Å². The Kier molecular flexibility index (Phi) is 6.43. The van der Waals surface area contributed by atoms with Gasteiger partial charge in [-0.1, -0.05) is 6.07 Å². The number of phenolic OH excluding ortho intramolecular Hbond substituents is 1. The molecule has 0 atom stereocenters. The van der Waals surface area contributed by atoms with Crippen LogP contribution in [-0.2, 0) is 0 Å². The molecule has 0 fully saturated rings. The van der Waals surface area contributed by atoms with Crippen LogP contribution in [0.25, 0.3) is 11.1 Å². The summed E-state index contributed by atoms with van der Waals surface area (Å²) in [5.74, 6) is -1.82. The molecule has 30 heavy (non-hydrogen) atoms. The van der Waals surface area contributed by atoms with Crippen molar-refractivity contribution in [2.45, 2.75) is 0 Å². The van der Waals surface area contributed by atoms with Gasteiger partial charge in [-0.15, -0.1) is 0 Å². The van der Waals surface area contributed by atoms with Gasteiger partial charge in [0, 0.05) is 17.3 Å². The zero-order valence-corrected chi connectivity index (χ0v) is 16.5. The first-order valence-electron chi connectivity index (χ1n) is 8.67. The summed E-state index contributed by atoms with van der Waals surface area (Å²) >= 11 is 5.11. The first-order chi connectivity index (χ1) is 14.4. The van der Waals surface area contributed by atoms with Gasteiger partial charge in [0.2, 0.25) is 0 Å². The van der Waals surface area contributed by atoms with Gasteiger partial charge in [0.1, 0.15) is 23.1 Å². The Bertz CT molecular complexity index is 1090. The molecule has 3 aromatic carbocycles. The van der Waals surface area contributed by atoms with E-state index in [1.165, 1.54) is 24.3 Å². The van der Waals surface area contributed by atoms with Gasteiger partial charge in [-0.3, -0.25) is 15.6 Å². The predicted octanol–water partition coefficient (Wildman–Crippen LogP) is 3.98. The molecule has 0 radical (unpaired) electrons. The summed E-state index contributed by atoms with van der Waals surface area (Å²) in [6.45, 7) is 0. The van der Waals surface area contributed by atoms with Crippen LogP contribution in [0.15, 0.2) is 60.7 Å². The molecule has 0 spiro atoms. The molecule has 3 aromatic rings. The molecule has 3 rings (SSSR count). The van der Waals surface area contributed by atoms with Crippen LogP contribution in [0.5, 0.6) is 11.5 Å². The minimum absolute atomic E-state index is 0.0927. The summed E-state index contributed by atoms with van der Waals surface area (Å²) in [7, 11) is 1.55. The molecular weight excluding hydrogens is 412 g/mol. The number of amides is 1. The Hall–Kier alpha value is -3.72. The van der Waals surface area contributed by atoms with Gasteiger partial charge in [-0.2, -0.15) is 0 Å². The minimum atomic E-state index is -0.782. The molecule has 1 amide bonds. The number of nitrogens with one attached hydrogen (secondary N) is 3. The monoisotopic (exact) mass is 429 g/mol. The smallest absolute Gasteiger partial charge is 0.273 e. The molecule has 6 nitrogen and oxygen atoms in total. The molecule has 0 aliphatic carbocycles. The van der Waals surface area contributed by atoms with Gasteiger partial charge in [-0.05, 0) is 66.3 Å². The number of benzene rings is 3. The number of thiocarbonyl (C=S) groups is 1. The van der Waals surface area contributed by atoms with Crippen molar-refractivity contribution in [2.24, 2.45) is 0 Å². The Morgan fingerprint density at radius 3 is 2.40 bits per heavy atom. The Labute approximate surface area is 176 Å². The standard InChI is InChI=1S/C21H17F2N3O3S/c1-29-15-6-4-14(5-7-15)24-21(30)26-25-20(28)17-10-12(2-9-19(17)27)16-8-3-13(22)11-18(16)23/h2-11,27H,1H3,(H,25,28)(H2,24,26,30). The fraction of sp³-hybridized carbons (Fsp3) is 0.0476. The van der Waals surface area contributed by atoms with Crippen molar-refractivity contribution in [3.63, 3.8) is 0 Å². The van der Waals surface area contributed by atoms with Crippen molar-refractivity contribution in [3.8, 4) is 22.6 Å². The van der Waals surface area contributed by atoms with Crippen LogP contribution in [0.4, 0.5) is 14.5 Å². The summed E-state index contributed by atoms with van der Waals surface area (Å²) < 4.78 is 32.2. The number of methoxy groups -OCH3 is 1. The molecule has 0 bridgehead atoms. The van der Waals surface area contributed by atoms with Crippen molar-refractivity contribution >= 4 is 28.9 Å². The fourth-order valence-corrected chi connectivity index (χ4v) is 2.80. The number of halogens is 2. The highest BCUT2D eigenvalue weighted by Crippen LogP contribution is 2.28. The third-order valence-corrected chi connectivity index (χ3v) is 4.32. The normalized spacial score (nSPS) is 10.2. The van der Waals surface area contributed by atoms with Crippen LogP contribution in [0.3, 0.4) is 0 Å². The van der Waals surface area contributed by atoms with Crippen LogP contribution < -0.4 is 20.9 Å². The summed E-state index contributed by atoms with van der Waals surface area (Å²) in [6.07, 6.45) is 0. The van der Waals surface area contributed by atoms with E-state index < -0.39 is 17.5 Å². The third-order valence-electron chi connectivity index (χ3n) is 4.12. The second-order valence-electron chi connectivity index (χ2n) is 6.12. The van der Waals surface area contributed by atoms with E-state index in [-0.39, 0.29) is 22.0 Å². The molecular formula is C21H17F2N3O3S. The highest BCUT2D eigenvalue weighted by molar-refractivity contribution is 7.80. The maximum absolute atomic E-state index is 14.0. The Morgan fingerprint density at radius 1 is 1.00 bits per heavy atom. The maximum atomic E-state index is 14.0. The van der Waals surface area contributed by atoms with Crippen LogP contribution >= 0.6 is 12.2 Å². The number of rotatable bonds is 4. The van der Waals surface area contributed by atoms with Gasteiger partial charge in [0.15, 0.2) is 5.11 Å². The number of ether oxygens (including phenoxy) is 1. The minimum Gasteiger partial charge on any atom is -0.507 e. The lowest BCUT2D eigenvalue weighted by Gasteiger charge is -2.13. The molecule has 0 saturated heterocycles. The van der Waals surface area contributed by atoms with Crippen molar-refractivity contribution in [3.05, 3.63) is 77.9 Å². The summed E-state index contributed by atoms with van der Waals surface area (Å²) in [6, 6.07) is 14.0. The molecule has 0 saturated carbocycles. The Balaban J connectivity index is 1.68. The second-order valence-corrected chi connectivity index (χ2v) is 6.53. The van der Waals surface area contributed by atoms with Crippen LogP contribution in [0.2, 0.25) is 0 Å². The van der Waals surface area contributed by atoms with Crippen molar-refractivity contribution < 1.29 is 23.4 Å². The summed E-state index contributed by atoms with van der Waals surface area (Å²) in [5.41, 5.74) is 5.82. The van der Waals surface area contributed by atoms with Gasteiger partial charge in [0.25, 0.3) is 5.91 Å². The van der Waals surface area contributed by atoms with Gasteiger partial charge < -0.3 is 15.2 Å². The first kappa shape index (κ1) is 21.0. The lowest BCUT2D eigenvalue weighted by molar-refractivity contribution is 0.0941. The Morgan fingerprint density at radius 2 is 1.73 bits per heavy atom. The quantitative estimate of drug-likeness (QED) is 0.371. The van der Waals surface area contributed by atoms with E-state index in [0.29, 0.717) is 17.0 Å². The van der Waals surface area contributed by atoms with E-state index in [0.717, 1.165) is 12.1 Å². The van der Waals surface area contributed by atoms with Crippen LogP contribution in [0, 0.1) is 11.6 Å². The van der Waals surface area contributed by atoms with Crippen LogP contribution in [-0.4, -0.2) is 23.2 Å². The molecule has 9 heteroatoms. The van der Waals surface area contributed by atoms with E-state index >= 15 is 0 Å². The number of hydrazine groups is 1. The van der Waals surface area contributed by atoms with Crippen LogP contribution in [0.1, 0.15) is 10.4 Å². The second kappa shape index (κ2) is 9.19. The molecule has 0 aromatic heterocycles. The largest absolute Gasteiger partial charge is 0.507 e. The van der Waals surface area contributed by atoms with E-state index in [4.69, 9.17) is 17.0 Å². The number of phenols is 1. The molecule has 0 heterocycles. The zero-order valence-electron chi connectivity index (χ0n) is 15.7. The van der Waals surface area contributed by atoms with E-state index in [2.05, 4.69) is 16.2 Å². The molecule has 0 aliphatic rings. The van der Waals surface area contributed by atoms with E-state index in [1.807, 2.05) is 0 Å². The zero-order chi connectivity index (χ0) is 21.7. The fourth-order valence-electron chi connectivity index (χ4n) is 2.63. The number of hydrogen-bond donors (Lipinski definition) is 4. The third kappa shape index (κ3) is 5.00. The first-order valence-corrected chi connectivity index (χ1v) is 9.08. The lowest BCUT2D eigenvalue weighted by atomic mass is 10.0. The topological polar surface area (TPSA) is 82.6 Å². The summed E-state index contributed by atoms with van der Waals surface area (Å²) in [5, 5.41) is 13.0. The van der Waals surface area contributed by atoms with Gasteiger partial charge in [-0.25, -0.2) is 8.78 Å². The molecule has 154 valence electrons. The SMILES string of the molecule is COc1ccc(NC(=S)NNC(=O)c2cc(-c3ccc(F)cc3F)ccc2O)cc1. The molecule has 4 N–H and O–H groups in total.